The van der Waals surface area contributed by atoms with Gasteiger partial charge in [0.25, 0.3) is 0 Å². The number of carbonyl (C=O) groups is 1. The minimum absolute atomic E-state index is 0.185. The third kappa shape index (κ3) is 2.96. The molecule has 0 heterocycles. The van der Waals surface area contributed by atoms with E-state index in [2.05, 4.69) is 6.07 Å². The first kappa shape index (κ1) is 12.8. The smallest absolute Gasteiger partial charge is 0.163 e. The fraction of sp³-hybridized carbons (Fsp3) is 0.312. The first-order valence-corrected chi connectivity index (χ1v) is 6.21. The highest BCUT2D eigenvalue weighted by atomic mass is 16.5. The predicted octanol–water partition coefficient (Wildman–Crippen LogP) is 3.70. The van der Waals surface area contributed by atoms with Crippen molar-refractivity contribution in [2.24, 2.45) is 5.92 Å². The number of rotatable bonds is 5. The summed E-state index contributed by atoms with van der Waals surface area (Å²) >= 11 is 0. The van der Waals surface area contributed by atoms with Crippen molar-refractivity contribution in [2.75, 3.05) is 13.7 Å². The van der Waals surface area contributed by atoms with Crippen LogP contribution in [-0.2, 0) is 4.74 Å². The lowest BCUT2D eigenvalue weighted by molar-refractivity contribution is 0.0920. The maximum Gasteiger partial charge on any atom is 0.163 e. The molecule has 0 aromatic heterocycles. The van der Waals surface area contributed by atoms with E-state index in [1.165, 1.54) is 5.39 Å². The SMILES string of the molecule is COCC(C)CC(=O)c1ccc2ccccc2c1. The molecule has 0 aliphatic carbocycles. The van der Waals surface area contributed by atoms with Crippen molar-refractivity contribution in [1.29, 1.82) is 0 Å². The number of carbonyl (C=O) groups excluding carboxylic acids is 1. The molecule has 0 N–H and O–H groups in total. The third-order valence-corrected chi connectivity index (χ3v) is 3.06. The Bertz CT molecular complexity index is 546. The number of Topliss-reactive ketones (excluding diaryl/α,β-unsaturated/α-hetero) is 1. The first-order chi connectivity index (χ1) is 8.70. The van der Waals surface area contributed by atoms with Crippen LogP contribution in [-0.4, -0.2) is 19.5 Å². The van der Waals surface area contributed by atoms with E-state index in [4.69, 9.17) is 4.74 Å². The molecule has 2 aromatic rings. The largest absolute Gasteiger partial charge is 0.384 e. The van der Waals surface area contributed by atoms with Crippen LogP contribution in [0.5, 0.6) is 0 Å². The van der Waals surface area contributed by atoms with Gasteiger partial charge in [-0.05, 0) is 22.8 Å². The van der Waals surface area contributed by atoms with Gasteiger partial charge in [0.2, 0.25) is 0 Å². The summed E-state index contributed by atoms with van der Waals surface area (Å²) in [5.74, 6) is 0.444. The van der Waals surface area contributed by atoms with Crippen LogP contribution >= 0.6 is 0 Å². The Balaban J connectivity index is 2.17. The van der Waals surface area contributed by atoms with Crippen LogP contribution in [0.2, 0.25) is 0 Å². The summed E-state index contributed by atoms with van der Waals surface area (Å²) in [6.07, 6.45) is 0.534. The van der Waals surface area contributed by atoms with Gasteiger partial charge in [-0.15, -0.1) is 0 Å². The van der Waals surface area contributed by atoms with Crippen molar-refractivity contribution in [2.45, 2.75) is 13.3 Å². The summed E-state index contributed by atoms with van der Waals surface area (Å²) in [6.45, 7) is 2.65. The van der Waals surface area contributed by atoms with Crippen LogP contribution in [0.3, 0.4) is 0 Å². The molecule has 2 nitrogen and oxygen atoms in total. The molecule has 0 radical (unpaired) electrons. The van der Waals surface area contributed by atoms with Crippen LogP contribution in [0.4, 0.5) is 0 Å². The molecule has 0 aliphatic rings. The van der Waals surface area contributed by atoms with E-state index in [1.54, 1.807) is 7.11 Å². The van der Waals surface area contributed by atoms with Gasteiger partial charge in [-0.2, -0.15) is 0 Å². The second-order valence-electron chi connectivity index (χ2n) is 4.75. The monoisotopic (exact) mass is 242 g/mol. The summed E-state index contributed by atoms with van der Waals surface area (Å²) in [4.78, 5) is 12.1. The standard InChI is InChI=1S/C16H18O2/c1-12(11-18-2)9-16(17)15-8-7-13-5-3-4-6-14(13)10-15/h3-8,10,12H,9,11H2,1-2H3. The average Bonchev–Trinajstić information content (AvgIpc) is 2.38. The lowest BCUT2D eigenvalue weighted by Gasteiger charge is -2.09. The number of benzene rings is 2. The van der Waals surface area contributed by atoms with Crippen molar-refractivity contribution in [3.8, 4) is 0 Å². The quantitative estimate of drug-likeness (QED) is 0.747. The predicted molar refractivity (Wildman–Crippen MR) is 73.9 cm³/mol. The Morgan fingerprint density at radius 1 is 1.17 bits per heavy atom. The Kier molecular flexibility index (Phi) is 4.11. The molecule has 2 heteroatoms. The van der Waals surface area contributed by atoms with E-state index in [0.29, 0.717) is 13.0 Å². The Morgan fingerprint density at radius 3 is 2.61 bits per heavy atom. The molecule has 0 amide bonds. The molecule has 18 heavy (non-hydrogen) atoms. The molecule has 2 aromatic carbocycles. The van der Waals surface area contributed by atoms with Gasteiger partial charge in [0, 0.05) is 25.7 Å². The molecule has 0 spiro atoms. The zero-order valence-corrected chi connectivity index (χ0v) is 10.8. The number of hydrogen-bond donors (Lipinski definition) is 0. The molecule has 0 bridgehead atoms. The maximum atomic E-state index is 12.1. The minimum atomic E-state index is 0.185. The third-order valence-electron chi connectivity index (χ3n) is 3.06. The number of methoxy groups -OCH3 is 1. The van der Waals surface area contributed by atoms with Gasteiger partial charge in [-0.1, -0.05) is 43.3 Å². The van der Waals surface area contributed by atoms with Crippen LogP contribution in [0.1, 0.15) is 23.7 Å². The van der Waals surface area contributed by atoms with Gasteiger partial charge >= 0.3 is 0 Å². The highest BCUT2D eigenvalue weighted by Crippen LogP contribution is 2.18. The molecule has 1 atom stereocenters. The van der Waals surface area contributed by atoms with Crippen molar-refractivity contribution in [3.63, 3.8) is 0 Å². The van der Waals surface area contributed by atoms with E-state index in [0.717, 1.165) is 10.9 Å². The number of ketones is 1. The second-order valence-corrected chi connectivity index (χ2v) is 4.75. The van der Waals surface area contributed by atoms with Crippen molar-refractivity contribution in [1.82, 2.24) is 0 Å². The van der Waals surface area contributed by atoms with Gasteiger partial charge < -0.3 is 4.74 Å². The van der Waals surface area contributed by atoms with Crippen LogP contribution in [0.15, 0.2) is 42.5 Å². The molecular formula is C16H18O2. The molecule has 0 aliphatic heterocycles. The first-order valence-electron chi connectivity index (χ1n) is 6.21. The van der Waals surface area contributed by atoms with Gasteiger partial charge in [-0.3, -0.25) is 4.79 Å². The Labute approximate surface area is 108 Å². The average molecular weight is 242 g/mol. The van der Waals surface area contributed by atoms with Crippen LogP contribution in [0, 0.1) is 5.92 Å². The fourth-order valence-electron chi connectivity index (χ4n) is 2.14. The van der Waals surface area contributed by atoms with Crippen molar-refractivity contribution in [3.05, 3.63) is 48.0 Å². The van der Waals surface area contributed by atoms with E-state index in [-0.39, 0.29) is 11.7 Å². The van der Waals surface area contributed by atoms with Gasteiger partial charge in [0.15, 0.2) is 5.78 Å². The lowest BCUT2D eigenvalue weighted by Crippen LogP contribution is -2.10. The Morgan fingerprint density at radius 2 is 1.89 bits per heavy atom. The maximum absolute atomic E-state index is 12.1. The van der Waals surface area contributed by atoms with Gasteiger partial charge in [-0.25, -0.2) is 0 Å². The highest BCUT2D eigenvalue weighted by Gasteiger charge is 2.11. The Hall–Kier alpha value is -1.67. The van der Waals surface area contributed by atoms with E-state index >= 15 is 0 Å². The summed E-state index contributed by atoms with van der Waals surface area (Å²) in [7, 11) is 1.66. The molecule has 0 saturated heterocycles. The van der Waals surface area contributed by atoms with E-state index in [1.807, 2.05) is 43.3 Å². The van der Waals surface area contributed by atoms with E-state index < -0.39 is 0 Å². The lowest BCUT2D eigenvalue weighted by atomic mass is 9.98. The number of fused-ring (bicyclic) bond motifs is 1. The minimum Gasteiger partial charge on any atom is -0.384 e. The molecule has 2 rings (SSSR count). The second kappa shape index (κ2) is 5.78. The molecule has 94 valence electrons. The zero-order chi connectivity index (χ0) is 13.0. The summed E-state index contributed by atoms with van der Waals surface area (Å²) in [5, 5.41) is 2.28. The summed E-state index contributed by atoms with van der Waals surface area (Å²) in [6, 6.07) is 14.0. The number of ether oxygens (including phenoxy) is 1. The van der Waals surface area contributed by atoms with Gasteiger partial charge in [0.1, 0.15) is 0 Å². The molecule has 0 saturated carbocycles. The highest BCUT2D eigenvalue weighted by molar-refractivity contribution is 6.00. The summed E-state index contributed by atoms with van der Waals surface area (Å²) < 4.78 is 5.06. The van der Waals surface area contributed by atoms with Crippen LogP contribution in [0.25, 0.3) is 10.8 Å². The summed E-state index contributed by atoms with van der Waals surface area (Å²) in [5.41, 5.74) is 0.789. The molecule has 1 unspecified atom stereocenters. The molecule has 0 fully saturated rings. The van der Waals surface area contributed by atoms with Crippen molar-refractivity contribution < 1.29 is 9.53 Å². The van der Waals surface area contributed by atoms with Gasteiger partial charge in [0.05, 0.1) is 0 Å². The van der Waals surface area contributed by atoms with Crippen molar-refractivity contribution >= 4 is 16.6 Å². The topological polar surface area (TPSA) is 26.3 Å². The number of hydrogen-bond acceptors (Lipinski definition) is 2. The van der Waals surface area contributed by atoms with E-state index in [9.17, 15) is 4.79 Å². The fourth-order valence-corrected chi connectivity index (χ4v) is 2.14. The van der Waals surface area contributed by atoms with Crippen LogP contribution < -0.4 is 0 Å². The zero-order valence-electron chi connectivity index (χ0n) is 10.8. The normalized spacial score (nSPS) is 12.6. The molecular weight excluding hydrogens is 224 g/mol.